The van der Waals surface area contributed by atoms with E-state index in [2.05, 4.69) is 57.5 Å². The molecule has 1 aromatic carbocycles. The molecule has 126 valence electrons. The first kappa shape index (κ1) is 16.7. The fourth-order valence-corrected chi connectivity index (χ4v) is 2.99. The van der Waals surface area contributed by atoms with Gasteiger partial charge in [0.05, 0.1) is 11.4 Å². The van der Waals surface area contributed by atoms with Crippen LogP contribution in [0.5, 0.6) is 0 Å². The lowest BCUT2D eigenvalue weighted by Gasteiger charge is -2.25. The summed E-state index contributed by atoms with van der Waals surface area (Å²) < 4.78 is 0. The summed E-state index contributed by atoms with van der Waals surface area (Å²) in [5.74, 6) is 1.61. The molecule has 5 nitrogen and oxygen atoms in total. The number of fused-ring (bicyclic) bond motifs is 1. The SMILES string of the molecule is Cc1nc(NCC(c2ccc(Cl)cc2)N(C)C)c2cc(C)[nH]c2n1. The van der Waals surface area contributed by atoms with E-state index in [1.54, 1.807) is 0 Å². The van der Waals surface area contributed by atoms with Gasteiger partial charge in [0.15, 0.2) is 0 Å². The van der Waals surface area contributed by atoms with Crippen molar-refractivity contribution in [1.29, 1.82) is 0 Å². The molecule has 0 aliphatic carbocycles. The van der Waals surface area contributed by atoms with Crippen molar-refractivity contribution >= 4 is 28.5 Å². The summed E-state index contributed by atoms with van der Waals surface area (Å²) in [6.07, 6.45) is 0. The van der Waals surface area contributed by atoms with Crippen molar-refractivity contribution in [2.24, 2.45) is 0 Å². The Morgan fingerprint density at radius 3 is 2.54 bits per heavy atom. The molecule has 3 rings (SSSR count). The Hall–Kier alpha value is -2.11. The number of aromatic nitrogens is 3. The van der Waals surface area contributed by atoms with E-state index in [0.29, 0.717) is 0 Å². The molecule has 0 aliphatic rings. The lowest BCUT2D eigenvalue weighted by atomic mass is 10.1. The van der Waals surface area contributed by atoms with Gasteiger partial charge >= 0.3 is 0 Å². The molecule has 0 saturated heterocycles. The summed E-state index contributed by atoms with van der Waals surface area (Å²) in [5.41, 5.74) is 3.16. The molecule has 3 aromatic rings. The Morgan fingerprint density at radius 2 is 1.88 bits per heavy atom. The first-order chi connectivity index (χ1) is 11.4. The highest BCUT2D eigenvalue weighted by molar-refractivity contribution is 6.30. The highest BCUT2D eigenvalue weighted by Gasteiger charge is 2.16. The van der Waals surface area contributed by atoms with E-state index >= 15 is 0 Å². The minimum Gasteiger partial charge on any atom is -0.367 e. The number of rotatable bonds is 5. The van der Waals surface area contributed by atoms with Crippen LogP contribution in [0.3, 0.4) is 0 Å². The second kappa shape index (κ2) is 6.79. The van der Waals surface area contributed by atoms with Gasteiger partial charge in [-0.05, 0) is 51.7 Å². The number of hydrogen-bond donors (Lipinski definition) is 2. The first-order valence-electron chi connectivity index (χ1n) is 7.94. The number of nitrogens with one attached hydrogen (secondary N) is 2. The molecule has 0 radical (unpaired) electrons. The third kappa shape index (κ3) is 3.52. The molecule has 0 bridgehead atoms. The van der Waals surface area contributed by atoms with Gasteiger partial charge in [0.1, 0.15) is 17.3 Å². The normalized spacial score (nSPS) is 12.8. The molecule has 2 N–H and O–H groups in total. The Kier molecular flexibility index (Phi) is 4.73. The van der Waals surface area contributed by atoms with Crippen molar-refractivity contribution in [2.75, 3.05) is 26.0 Å². The Morgan fingerprint density at radius 1 is 1.17 bits per heavy atom. The van der Waals surface area contributed by atoms with Gasteiger partial charge in [-0.3, -0.25) is 0 Å². The van der Waals surface area contributed by atoms with Crippen LogP contribution in [0, 0.1) is 13.8 Å². The monoisotopic (exact) mass is 343 g/mol. The maximum atomic E-state index is 6.00. The molecule has 0 saturated carbocycles. The summed E-state index contributed by atoms with van der Waals surface area (Å²) in [5, 5.41) is 5.26. The van der Waals surface area contributed by atoms with Crippen molar-refractivity contribution in [3.05, 3.63) is 52.4 Å². The van der Waals surface area contributed by atoms with Gasteiger partial charge in [-0.1, -0.05) is 23.7 Å². The highest BCUT2D eigenvalue weighted by atomic mass is 35.5. The van der Waals surface area contributed by atoms with E-state index in [1.807, 2.05) is 26.0 Å². The lowest BCUT2D eigenvalue weighted by Crippen LogP contribution is -2.27. The molecule has 6 heteroatoms. The average molecular weight is 344 g/mol. The molecule has 1 atom stereocenters. The average Bonchev–Trinajstić information content (AvgIpc) is 2.89. The molecule has 1 unspecified atom stereocenters. The molecule has 0 amide bonds. The van der Waals surface area contributed by atoms with Gasteiger partial charge in [0.2, 0.25) is 0 Å². The molecule has 2 heterocycles. The van der Waals surface area contributed by atoms with Crippen LogP contribution in [0.15, 0.2) is 30.3 Å². The minimum atomic E-state index is 0.215. The molecule has 0 spiro atoms. The van der Waals surface area contributed by atoms with Crippen molar-refractivity contribution in [3.63, 3.8) is 0 Å². The number of hydrogen-bond acceptors (Lipinski definition) is 4. The number of likely N-dealkylation sites (N-methyl/N-ethyl adjacent to an activating group) is 1. The van der Waals surface area contributed by atoms with E-state index in [1.165, 1.54) is 5.56 Å². The van der Waals surface area contributed by atoms with Crippen LogP contribution in [0.4, 0.5) is 5.82 Å². The van der Waals surface area contributed by atoms with Crippen molar-refractivity contribution in [2.45, 2.75) is 19.9 Å². The van der Waals surface area contributed by atoms with E-state index in [4.69, 9.17) is 11.6 Å². The van der Waals surface area contributed by atoms with Gasteiger partial charge in [-0.25, -0.2) is 9.97 Å². The predicted octanol–water partition coefficient (Wildman–Crippen LogP) is 3.94. The van der Waals surface area contributed by atoms with Gasteiger partial charge in [-0.15, -0.1) is 0 Å². The van der Waals surface area contributed by atoms with Gasteiger partial charge in [-0.2, -0.15) is 0 Å². The van der Waals surface area contributed by atoms with Crippen LogP contribution >= 0.6 is 11.6 Å². The maximum absolute atomic E-state index is 6.00. The van der Waals surface area contributed by atoms with Crippen LogP contribution in [0.2, 0.25) is 5.02 Å². The summed E-state index contributed by atoms with van der Waals surface area (Å²) in [7, 11) is 4.14. The van der Waals surface area contributed by atoms with Crippen LogP contribution < -0.4 is 5.32 Å². The topological polar surface area (TPSA) is 56.8 Å². The second-order valence-electron chi connectivity index (χ2n) is 6.25. The van der Waals surface area contributed by atoms with Gasteiger partial charge < -0.3 is 15.2 Å². The van der Waals surface area contributed by atoms with Gasteiger partial charge in [0.25, 0.3) is 0 Å². The third-order valence-corrected chi connectivity index (χ3v) is 4.33. The summed E-state index contributed by atoms with van der Waals surface area (Å²) in [6, 6.07) is 10.3. The second-order valence-corrected chi connectivity index (χ2v) is 6.68. The standard InChI is InChI=1S/C18H22ClN5/c1-11-9-15-17(22-12(2)23-18(15)21-11)20-10-16(24(3)4)13-5-7-14(19)8-6-13/h5-9,16H,10H2,1-4H3,(H2,20,21,22,23). The van der Waals surface area contributed by atoms with E-state index in [9.17, 15) is 0 Å². The maximum Gasteiger partial charge on any atom is 0.143 e. The van der Waals surface area contributed by atoms with Gasteiger partial charge in [0, 0.05) is 17.3 Å². The van der Waals surface area contributed by atoms with E-state index < -0.39 is 0 Å². The Bertz CT molecular complexity index is 838. The molecular formula is C18H22ClN5. The fourth-order valence-electron chi connectivity index (χ4n) is 2.86. The number of anilines is 1. The molecular weight excluding hydrogens is 322 g/mol. The van der Waals surface area contributed by atoms with Crippen molar-refractivity contribution in [1.82, 2.24) is 19.9 Å². The fraction of sp³-hybridized carbons (Fsp3) is 0.333. The zero-order valence-corrected chi connectivity index (χ0v) is 15.1. The van der Waals surface area contributed by atoms with Crippen LogP contribution in [-0.2, 0) is 0 Å². The van der Waals surface area contributed by atoms with Crippen LogP contribution in [0.25, 0.3) is 11.0 Å². The molecule has 2 aromatic heterocycles. The first-order valence-corrected chi connectivity index (χ1v) is 8.31. The summed E-state index contributed by atoms with van der Waals surface area (Å²) in [4.78, 5) is 14.5. The summed E-state index contributed by atoms with van der Waals surface area (Å²) in [6.45, 7) is 4.67. The molecule has 0 fully saturated rings. The Labute approximate surface area is 147 Å². The lowest BCUT2D eigenvalue weighted by molar-refractivity contribution is 0.311. The Balaban J connectivity index is 1.86. The van der Waals surface area contributed by atoms with Crippen molar-refractivity contribution in [3.8, 4) is 0 Å². The molecule has 24 heavy (non-hydrogen) atoms. The number of benzene rings is 1. The van der Waals surface area contributed by atoms with E-state index in [-0.39, 0.29) is 6.04 Å². The minimum absolute atomic E-state index is 0.215. The summed E-state index contributed by atoms with van der Waals surface area (Å²) >= 11 is 6.00. The highest BCUT2D eigenvalue weighted by Crippen LogP contribution is 2.24. The number of aryl methyl sites for hydroxylation is 2. The smallest absolute Gasteiger partial charge is 0.143 e. The largest absolute Gasteiger partial charge is 0.367 e. The third-order valence-electron chi connectivity index (χ3n) is 4.07. The van der Waals surface area contributed by atoms with Crippen molar-refractivity contribution < 1.29 is 0 Å². The number of nitrogens with zero attached hydrogens (tertiary/aromatic N) is 3. The number of aromatic amines is 1. The number of halogens is 1. The van der Waals surface area contributed by atoms with Crippen LogP contribution in [0.1, 0.15) is 23.1 Å². The number of H-pyrrole nitrogens is 1. The van der Waals surface area contributed by atoms with Crippen LogP contribution in [-0.4, -0.2) is 40.5 Å². The zero-order valence-electron chi connectivity index (χ0n) is 14.4. The predicted molar refractivity (Wildman–Crippen MR) is 99.7 cm³/mol. The zero-order chi connectivity index (χ0) is 17.3. The quantitative estimate of drug-likeness (QED) is 0.736. The van der Waals surface area contributed by atoms with E-state index in [0.717, 1.165) is 39.9 Å². The molecule has 0 aliphatic heterocycles.